The Balaban J connectivity index is 2.85. The van der Waals surface area contributed by atoms with Gasteiger partial charge in [0.15, 0.2) is 0 Å². The lowest BCUT2D eigenvalue weighted by atomic mass is 10.6. The molecule has 3 N–H and O–H groups in total. The monoisotopic (exact) mass is 161 g/mol. The van der Waals surface area contributed by atoms with Gasteiger partial charge in [0.2, 0.25) is 0 Å². The Morgan fingerprint density at radius 3 is 2.45 bits per heavy atom. The second-order valence-electron chi connectivity index (χ2n) is 1.88. The highest BCUT2D eigenvalue weighted by Crippen LogP contribution is 1.77. The molecule has 0 aromatic carbocycles. The summed E-state index contributed by atoms with van der Waals surface area (Å²) in [4.78, 5) is 10.0. The maximum atomic E-state index is 10.0. The molecule has 65 valence electrons. The Hall–Kier alpha value is -0.650. The van der Waals surface area contributed by atoms with E-state index in [2.05, 4.69) is 0 Å². The summed E-state index contributed by atoms with van der Waals surface area (Å²) in [6, 6.07) is 0. The standard InChI is InChI=1S/C6H13N2O3/c7-1-2-10-3-4-11-5-6(8)9/h8H,1-5,7H2. The van der Waals surface area contributed by atoms with Gasteiger partial charge in [-0.3, -0.25) is 10.5 Å². The van der Waals surface area contributed by atoms with Crippen LogP contribution in [0.2, 0.25) is 0 Å². The minimum absolute atomic E-state index is 0.161. The zero-order valence-electron chi connectivity index (χ0n) is 6.34. The molecule has 0 bridgehead atoms. The largest absolute Gasteiger partial charge is 0.378 e. The maximum Gasteiger partial charge on any atom is 0.264 e. The number of hydrogen-bond donors (Lipinski definition) is 1. The van der Waals surface area contributed by atoms with Gasteiger partial charge >= 0.3 is 0 Å². The molecule has 0 unspecified atom stereocenters. The minimum Gasteiger partial charge on any atom is -0.378 e. The van der Waals surface area contributed by atoms with Gasteiger partial charge < -0.3 is 15.2 Å². The van der Waals surface area contributed by atoms with Crippen LogP contribution in [0.1, 0.15) is 0 Å². The van der Waals surface area contributed by atoms with Crippen molar-refractivity contribution >= 4 is 5.91 Å². The topological polar surface area (TPSA) is 85.4 Å². The van der Waals surface area contributed by atoms with Crippen LogP contribution in [0.25, 0.3) is 0 Å². The third kappa shape index (κ3) is 9.35. The van der Waals surface area contributed by atoms with Gasteiger partial charge in [-0.25, -0.2) is 0 Å². The molecule has 0 atom stereocenters. The van der Waals surface area contributed by atoms with Crippen molar-refractivity contribution in [2.45, 2.75) is 0 Å². The molecule has 0 fully saturated rings. The van der Waals surface area contributed by atoms with Crippen molar-refractivity contribution in [1.29, 1.82) is 0 Å². The van der Waals surface area contributed by atoms with Crippen molar-refractivity contribution in [3.63, 3.8) is 0 Å². The smallest absolute Gasteiger partial charge is 0.264 e. The first-order valence-corrected chi connectivity index (χ1v) is 3.37. The maximum absolute atomic E-state index is 10.0. The lowest BCUT2D eigenvalue weighted by molar-refractivity contribution is -0.123. The third-order valence-electron chi connectivity index (χ3n) is 0.867. The molecule has 0 spiro atoms. The van der Waals surface area contributed by atoms with Crippen LogP contribution in [0.3, 0.4) is 0 Å². The first-order chi connectivity index (χ1) is 5.27. The normalized spacial score (nSPS) is 9.91. The minimum atomic E-state index is -0.719. The Morgan fingerprint density at radius 1 is 1.27 bits per heavy atom. The van der Waals surface area contributed by atoms with E-state index in [1.807, 2.05) is 0 Å². The summed E-state index contributed by atoms with van der Waals surface area (Å²) < 4.78 is 9.68. The number of hydrogen-bond acceptors (Lipinski definition) is 4. The molecule has 5 nitrogen and oxygen atoms in total. The van der Waals surface area contributed by atoms with E-state index in [0.29, 0.717) is 26.4 Å². The van der Waals surface area contributed by atoms with Crippen LogP contribution in [0.5, 0.6) is 0 Å². The summed E-state index contributed by atoms with van der Waals surface area (Å²) >= 11 is 0. The van der Waals surface area contributed by atoms with Crippen LogP contribution >= 0.6 is 0 Å². The number of nitrogens with two attached hydrogens (primary N) is 1. The Bertz CT molecular complexity index is 108. The zero-order chi connectivity index (χ0) is 8.53. The molecule has 0 aliphatic carbocycles. The molecule has 1 radical (unpaired) electrons. The van der Waals surface area contributed by atoms with E-state index >= 15 is 0 Å². The predicted molar refractivity (Wildman–Crippen MR) is 38.8 cm³/mol. The second kappa shape index (κ2) is 7.46. The van der Waals surface area contributed by atoms with E-state index in [9.17, 15) is 4.79 Å². The molecule has 0 aliphatic rings. The molecule has 1 amide bonds. The highest BCUT2D eigenvalue weighted by molar-refractivity contribution is 5.74. The van der Waals surface area contributed by atoms with Gasteiger partial charge in [0.25, 0.3) is 5.91 Å². The first-order valence-electron chi connectivity index (χ1n) is 3.37. The molecule has 11 heavy (non-hydrogen) atoms. The zero-order valence-corrected chi connectivity index (χ0v) is 6.34. The third-order valence-corrected chi connectivity index (χ3v) is 0.867. The molecular formula is C6H13N2O3. The number of nitrogens with one attached hydrogen (secondary N) is 1. The van der Waals surface area contributed by atoms with Crippen molar-refractivity contribution < 1.29 is 14.3 Å². The van der Waals surface area contributed by atoms with Gasteiger partial charge in [0.1, 0.15) is 6.61 Å². The van der Waals surface area contributed by atoms with Gasteiger partial charge in [0.05, 0.1) is 19.8 Å². The van der Waals surface area contributed by atoms with Crippen LogP contribution in [-0.4, -0.2) is 38.9 Å². The Labute approximate surface area is 65.6 Å². The van der Waals surface area contributed by atoms with Crippen LogP contribution in [0.15, 0.2) is 0 Å². The van der Waals surface area contributed by atoms with E-state index in [1.54, 1.807) is 0 Å². The average Bonchev–Trinajstić information content (AvgIpc) is 1.96. The van der Waals surface area contributed by atoms with Crippen molar-refractivity contribution in [3.8, 4) is 0 Å². The highest BCUT2D eigenvalue weighted by atomic mass is 16.5. The molecule has 0 saturated heterocycles. The van der Waals surface area contributed by atoms with Gasteiger partial charge in [-0.1, -0.05) is 0 Å². The fraction of sp³-hybridized carbons (Fsp3) is 0.833. The van der Waals surface area contributed by atoms with E-state index in [0.717, 1.165) is 0 Å². The molecule has 0 aromatic heterocycles. The van der Waals surface area contributed by atoms with Crippen LogP contribution in [0.4, 0.5) is 0 Å². The molecule has 0 aromatic rings. The molecule has 0 saturated carbocycles. The van der Waals surface area contributed by atoms with E-state index in [1.165, 1.54) is 0 Å². The number of carbonyl (C=O) groups excluding carboxylic acids is 1. The fourth-order valence-electron chi connectivity index (χ4n) is 0.468. The van der Waals surface area contributed by atoms with Crippen LogP contribution in [-0.2, 0) is 14.3 Å². The van der Waals surface area contributed by atoms with Crippen molar-refractivity contribution in [3.05, 3.63) is 0 Å². The highest BCUT2D eigenvalue weighted by Gasteiger charge is 1.93. The predicted octanol–water partition coefficient (Wildman–Crippen LogP) is -1.21. The molecular weight excluding hydrogens is 148 g/mol. The van der Waals surface area contributed by atoms with Crippen LogP contribution in [0, 0.1) is 0 Å². The summed E-state index contributed by atoms with van der Waals surface area (Å²) in [6.07, 6.45) is 0. The lowest BCUT2D eigenvalue weighted by Gasteiger charge is -2.01. The quantitative estimate of drug-likeness (QED) is 0.474. The lowest BCUT2D eigenvalue weighted by Crippen LogP contribution is -2.15. The molecule has 0 rings (SSSR count). The van der Waals surface area contributed by atoms with E-state index in [4.69, 9.17) is 20.9 Å². The summed E-state index contributed by atoms with van der Waals surface area (Å²) in [5.74, 6) is -0.719. The van der Waals surface area contributed by atoms with Crippen molar-refractivity contribution in [1.82, 2.24) is 5.73 Å². The first kappa shape index (κ1) is 10.3. The van der Waals surface area contributed by atoms with Gasteiger partial charge in [-0.05, 0) is 0 Å². The average molecular weight is 161 g/mol. The van der Waals surface area contributed by atoms with Crippen LogP contribution < -0.4 is 11.5 Å². The SMILES string of the molecule is [NH]C(=O)COCCOCCN. The summed E-state index contributed by atoms with van der Waals surface area (Å²) in [6.45, 7) is 1.58. The van der Waals surface area contributed by atoms with Gasteiger partial charge in [-0.15, -0.1) is 0 Å². The summed E-state index contributed by atoms with van der Waals surface area (Å²) in [5.41, 5.74) is 11.6. The van der Waals surface area contributed by atoms with E-state index < -0.39 is 5.91 Å². The second-order valence-corrected chi connectivity index (χ2v) is 1.88. The van der Waals surface area contributed by atoms with Gasteiger partial charge in [0, 0.05) is 6.54 Å². The van der Waals surface area contributed by atoms with Crippen molar-refractivity contribution in [2.24, 2.45) is 5.73 Å². The number of amides is 1. The Kier molecular flexibility index (Phi) is 7.02. The number of rotatable bonds is 7. The molecule has 5 heteroatoms. The number of ether oxygens (including phenoxy) is 2. The van der Waals surface area contributed by atoms with Gasteiger partial charge in [-0.2, -0.15) is 0 Å². The molecule has 0 aliphatic heterocycles. The summed E-state index contributed by atoms with van der Waals surface area (Å²) in [5, 5.41) is 0. The summed E-state index contributed by atoms with van der Waals surface area (Å²) in [7, 11) is 0. The number of carbonyl (C=O) groups is 1. The Morgan fingerprint density at radius 2 is 1.91 bits per heavy atom. The fourth-order valence-corrected chi connectivity index (χ4v) is 0.468. The van der Waals surface area contributed by atoms with Crippen molar-refractivity contribution in [2.75, 3.05) is 33.0 Å². The van der Waals surface area contributed by atoms with E-state index in [-0.39, 0.29) is 6.61 Å². The molecule has 0 heterocycles.